The van der Waals surface area contributed by atoms with Crippen molar-refractivity contribution in [1.29, 1.82) is 0 Å². The number of allylic oxidation sites excluding steroid dienone is 1. The van der Waals surface area contributed by atoms with Gasteiger partial charge < -0.3 is 14.9 Å². The Kier molecular flexibility index (Phi) is 5.96. The van der Waals surface area contributed by atoms with Gasteiger partial charge in [0.05, 0.1) is 13.1 Å². The van der Waals surface area contributed by atoms with E-state index < -0.39 is 12.0 Å². The van der Waals surface area contributed by atoms with Crippen molar-refractivity contribution in [3.8, 4) is 29.1 Å². The van der Waals surface area contributed by atoms with Crippen molar-refractivity contribution in [3.63, 3.8) is 0 Å². The van der Waals surface area contributed by atoms with Crippen molar-refractivity contribution in [3.05, 3.63) is 89.0 Å². The van der Waals surface area contributed by atoms with E-state index in [4.69, 9.17) is 4.74 Å². The summed E-state index contributed by atoms with van der Waals surface area (Å²) in [5.74, 6) is 4.42. The molecule has 2 aliphatic heterocycles. The Labute approximate surface area is 203 Å². The molecule has 2 N–H and O–H groups in total. The van der Waals surface area contributed by atoms with Crippen molar-refractivity contribution in [2.75, 3.05) is 19.6 Å². The highest BCUT2D eigenvalue weighted by Gasteiger charge is 2.37. The van der Waals surface area contributed by atoms with Gasteiger partial charge in [-0.2, -0.15) is 0 Å². The van der Waals surface area contributed by atoms with Crippen molar-refractivity contribution >= 4 is 11.1 Å². The number of likely N-dealkylation sites (tertiary alicyclic amines) is 1. The fraction of sp³-hybridized carbons (Fsp3) is 0.241. The molecule has 2 aliphatic rings. The van der Waals surface area contributed by atoms with Crippen LogP contribution in [0.15, 0.2) is 66.7 Å². The topological polar surface area (TPSA) is 52.9 Å². The van der Waals surface area contributed by atoms with Crippen molar-refractivity contribution in [2.24, 2.45) is 0 Å². The molecule has 1 unspecified atom stereocenters. The first-order valence-corrected chi connectivity index (χ1v) is 11.5. The zero-order valence-electron chi connectivity index (χ0n) is 19.3. The number of benzene rings is 3. The fourth-order valence-corrected chi connectivity index (χ4v) is 4.65. The highest BCUT2D eigenvalue weighted by molar-refractivity contribution is 5.95. The van der Waals surface area contributed by atoms with E-state index in [2.05, 4.69) is 11.8 Å². The van der Waals surface area contributed by atoms with Gasteiger partial charge in [-0.25, -0.2) is 8.78 Å². The van der Waals surface area contributed by atoms with Crippen LogP contribution >= 0.6 is 0 Å². The van der Waals surface area contributed by atoms with Gasteiger partial charge >= 0.3 is 0 Å². The minimum absolute atomic E-state index is 0.109. The number of fused-ring (bicyclic) bond motifs is 1. The Morgan fingerprint density at radius 2 is 1.80 bits per heavy atom. The van der Waals surface area contributed by atoms with Crippen LogP contribution in [0.5, 0.6) is 17.2 Å². The van der Waals surface area contributed by atoms with E-state index in [9.17, 15) is 19.0 Å². The standard InChI is InChI=1S/C29H25F2NO3/c1-19-25-17-24(34)11-12-26(25)35-28(27(19)22-5-2-6-23(33)16-22)21-9-7-20(8-10-21)4-3-14-32-15-13-29(30,31)18-32/h2,5-12,16-17,28,33-34H,13-15,18H2,1H3. The molecule has 1 saturated heterocycles. The number of nitrogens with zero attached hydrogens (tertiary/aromatic N) is 1. The van der Waals surface area contributed by atoms with Gasteiger partial charge in [0.25, 0.3) is 5.92 Å². The van der Waals surface area contributed by atoms with E-state index in [0.29, 0.717) is 18.8 Å². The van der Waals surface area contributed by atoms with E-state index in [0.717, 1.165) is 33.4 Å². The van der Waals surface area contributed by atoms with E-state index in [1.54, 1.807) is 41.3 Å². The number of alkyl halides is 2. The molecule has 0 saturated carbocycles. The first kappa shape index (κ1) is 22.9. The minimum Gasteiger partial charge on any atom is -0.508 e. The molecule has 5 rings (SSSR count). The molecule has 178 valence electrons. The van der Waals surface area contributed by atoms with Crippen LogP contribution < -0.4 is 4.74 Å². The predicted octanol–water partition coefficient (Wildman–Crippen LogP) is 5.85. The summed E-state index contributed by atoms with van der Waals surface area (Å²) >= 11 is 0. The number of phenolic OH excluding ortho intramolecular Hbond substituents is 2. The summed E-state index contributed by atoms with van der Waals surface area (Å²) in [5, 5.41) is 20.1. The van der Waals surface area contributed by atoms with Crippen LogP contribution in [0.2, 0.25) is 0 Å². The number of phenols is 2. The molecule has 0 radical (unpaired) electrons. The fourth-order valence-electron chi connectivity index (χ4n) is 4.65. The second kappa shape index (κ2) is 9.09. The monoisotopic (exact) mass is 473 g/mol. The highest BCUT2D eigenvalue weighted by Crippen LogP contribution is 2.47. The van der Waals surface area contributed by atoms with Gasteiger partial charge in [0.1, 0.15) is 23.4 Å². The lowest BCUT2D eigenvalue weighted by Crippen LogP contribution is -2.25. The van der Waals surface area contributed by atoms with Gasteiger partial charge in [0.15, 0.2) is 0 Å². The van der Waals surface area contributed by atoms with E-state index in [-0.39, 0.29) is 24.5 Å². The SMILES string of the molecule is CC1=C(c2cccc(O)c2)C(c2ccc(C#CCN3CCC(F)(F)C3)cc2)Oc2ccc(O)cc21. The van der Waals surface area contributed by atoms with Crippen LogP contribution in [0.3, 0.4) is 0 Å². The molecule has 1 atom stereocenters. The average Bonchev–Trinajstić information content (AvgIpc) is 3.18. The second-order valence-corrected chi connectivity index (χ2v) is 9.01. The molecular formula is C29H25F2NO3. The van der Waals surface area contributed by atoms with Gasteiger partial charge in [-0.1, -0.05) is 36.1 Å². The Bertz CT molecular complexity index is 1350. The molecule has 0 amide bonds. The number of aromatic hydroxyl groups is 2. The quantitative estimate of drug-likeness (QED) is 0.468. The summed E-state index contributed by atoms with van der Waals surface area (Å²) in [5.41, 5.74) is 5.17. The number of hydrogen-bond acceptors (Lipinski definition) is 4. The number of ether oxygens (including phenoxy) is 1. The van der Waals surface area contributed by atoms with E-state index >= 15 is 0 Å². The van der Waals surface area contributed by atoms with Gasteiger partial charge in [-0.05, 0) is 66.1 Å². The van der Waals surface area contributed by atoms with Crippen molar-refractivity contribution < 1.29 is 23.7 Å². The Morgan fingerprint density at radius 1 is 1.03 bits per heavy atom. The van der Waals surface area contributed by atoms with Gasteiger partial charge in [-0.15, -0.1) is 0 Å². The second-order valence-electron chi connectivity index (χ2n) is 9.01. The molecule has 0 aromatic heterocycles. The molecule has 3 aromatic carbocycles. The van der Waals surface area contributed by atoms with Crippen molar-refractivity contribution in [1.82, 2.24) is 4.90 Å². The molecule has 1 fully saturated rings. The average molecular weight is 474 g/mol. The van der Waals surface area contributed by atoms with Crippen LogP contribution in [0.1, 0.15) is 41.7 Å². The Balaban J connectivity index is 1.44. The lowest BCUT2D eigenvalue weighted by atomic mass is 9.86. The lowest BCUT2D eigenvalue weighted by molar-refractivity contribution is 0.0135. The molecular weight excluding hydrogens is 448 g/mol. The summed E-state index contributed by atoms with van der Waals surface area (Å²) in [7, 11) is 0. The van der Waals surface area contributed by atoms with Gasteiger partial charge in [0, 0.05) is 29.7 Å². The van der Waals surface area contributed by atoms with Crippen LogP contribution in [0.4, 0.5) is 8.78 Å². The third kappa shape index (κ3) is 4.87. The highest BCUT2D eigenvalue weighted by atomic mass is 19.3. The maximum absolute atomic E-state index is 13.4. The zero-order valence-corrected chi connectivity index (χ0v) is 19.3. The summed E-state index contributed by atoms with van der Waals surface area (Å²) in [6, 6.07) is 19.7. The maximum atomic E-state index is 13.4. The molecule has 0 aliphatic carbocycles. The molecule has 0 bridgehead atoms. The smallest absolute Gasteiger partial charge is 0.261 e. The first-order chi connectivity index (χ1) is 16.8. The molecule has 0 spiro atoms. The summed E-state index contributed by atoms with van der Waals surface area (Å²) < 4.78 is 33.1. The Hall–Kier alpha value is -3.82. The largest absolute Gasteiger partial charge is 0.508 e. The third-order valence-corrected chi connectivity index (χ3v) is 6.43. The number of rotatable bonds is 3. The number of hydrogen-bond donors (Lipinski definition) is 2. The van der Waals surface area contributed by atoms with Crippen LogP contribution in [-0.2, 0) is 0 Å². The van der Waals surface area contributed by atoms with Crippen LogP contribution in [0.25, 0.3) is 11.1 Å². The van der Waals surface area contributed by atoms with Crippen LogP contribution in [0, 0.1) is 11.8 Å². The van der Waals surface area contributed by atoms with Crippen molar-refractivity contribution in [2.45, 2.75) is 25.4 Å². The zero-order chi connectivity index (χ0) is 24.6. The summed E-state index contributed by atoms with van der Waals surface area (Å²) in [6.45, 7) is 2.43. The normalized spacial score (nSPS) is 19.0. The lowest BCUT2D eigenvalue weighted by Gasteiger charge is -2.31. The first-order valence-electron chi connectivity index (χ1n) is 11.5. The molecule has 4 nitrogen and oxygen atoms in total. The molecule has 35 heavy (non-hydrogen) atoms. The van der Waals surface area contributed by atoms with Crippen LogP contribution in [-0.4, -0.2) is 40.7 Å². The summed E-state index contributed by atoms with van der Waals surface area (Å²) in [6.07, 6.45) is -0.537. The van der Waals surface area contributed by atoms with E-state index in [1.807, 2.05) is 37.3 Å². The molecule has 3 aromatic rings. The minimum atomic E-state index is -2.61. The predicted molar refractivity (Wildman–Crippen MR) is 131 cm³/mol. The maximum Gasteiger partial charge on any atom is 0.261 e. The summed E-state index contributed by atoms with van der Waals surface area (Å²) in [4.78, 5) is 1.67. The van der Waals surface area contributed by atoms with E-state index in [1.165, 1.54) is 0 Å². The number of halogens is 2. The molecule has 6 heteroatoms. The van der Waals surface area contributed by atoms with Gasteiger partial charge in [-0.3, -0.25) is 4.90 Å². The third-order valence-electron chi connectivity index (χ3n) is 6.43. The van der Waals surface area contributed by atoms with Gasteiger partial charge in [0.2, 0.25) is 0 Å². The Morgan fingerprint density at radius 3 is 2.51 bits per heavy atom. The molecule has 2 heterocycles.